The molecule has 0 radical (unpaired) electrons. The van der Waals surface area contributed by atoms with Crippen molar-refractivity contribution in [1.82, 2.24) is 5.32 Å². The lowest BCUT2D eigenvalue weighted by Gasteiger charge is -2.14. The number of rotatable bonds is 6. The monoisotopic (exact) mass is 324 g/mol. The molecule has 0 aliphatic heterocycles. The van der Waals surface area contributed by atoms with Crippen LogP contribution in [0.15, 0.2) is 54.6 Å². The number of anilines is 1. The highest BCUT2D eigenvalue weighted by Gasteiger charge is 2.13. The molecule has 1 atom stereocenters. The molecule has 0 saturated carbocycles. The molecular weight excluding hydrogens is 300 g/mol. The molecule has 2 N–H and O–H groups in total. The van der Waals surface area contributed by atoms with Gasteiger partial charge in [0.05, 0.1) is 0 Å². The summed E-state index contributed by atoms with van der Waals surface area (Å²) >= 11 is 0. The summed E-state index contributed by atoms with van der Waals surface area (Å²) in [7, 11) is 0. The average molecular weight is 324 g/mol. The third-order valence-corrected chi connectivity index (χ3v) is 3.77. The fourth-order valence-electron chi connectivity index (χ4n) is 2.39. The minimum atomic E-state index is -0.243. The van der Waals surface area contributed by atoms with Crippen molar-refractivity contribution in [2.45, 2.75) is 39.2 Å². The molecule has 0 heterocycles. The van der Waals surface area contributed by atoms with Gasteiger partial charge in [-0.2, -0.15) is 0 Å². The van der Waals surface area contributed by atoms with E-state index in [4.69, 9.17) is 0 Å². The van der Waals surface area contributed by atoms with Crippen LogP contribution in [-0.2, 0) is 4.79 Å². The van der Waals surface area contributed by atoms with Crippen LogP contribution in [0.3, 0.4) is 0 Å². The highest BCUT2D eigenvalue weighted by atomic mass is 16.2. The van der Waals surface area contributed by atoms with Gasteiger partial charge < -0.3 is 10.6 Å². The summed E-state index contributed by atoms with van der Waals surface area (Å²) in [5.74, 6) is 0.174. The molecule has 0 saturated heterocycles. The Kier molecular flexibility index (Phi) is 6.13. The zero-order valence-electron chi connectivity index (χ0n) is 14.4. The number of hydrogen-bond donors (Lipinski definition) is 2. The van der Waals surface area contributed by atoms with Crippen LogP contribution < -0.4 is 10.6 Å². The standard InChI is InChI=1S/C20H24N2O2/c1-14(2)16-9-11-18(12-10-16)22-19(23)13-15(3)21-20(24)17-7-5-4-6-8-17/h4-12,14-15H,13H2,1-3H3,(H,21,24)(H,22,23). The van der Waals surface area contributed by atoms with Crippen LogP contribution in [-0.4, -0.2) is 17.9 Å². The Morgan fingerprint density at radius 2 is 1.54 bits per heavy atom. The van der Waals surface area contributed by atoms with Gasteiger partial charge in [-0.1, -0.05) is 44.2 Å². The van der Waals surface area contributed by atoms with E-state index in [9.17, 15) is 9.59 Å². The summed E-state index contributed by atoms with van der Waals surface area (Å²) in [6.07, 6.45) is 0.227. The highest BCUT2D eigenvalue weighted by Crippen LogP contribution is 2.17. The summed E-state index contributed by atoms with van der Waals surface area (Å²) in [5, 5.41) is 5.70. The maximum atomic E-state index is 12.1. The first-order valence-electron chi connectivity index (χ1n) is 8.21. The quantitative estimate of drug-likeness (QED) is 0.845. The number of hydrogen-bond acceptors (Lipinski definition) is 2. The van der Waals surface area contributed by atoms with E-state index in [0.717, 1.165) is 5.69 Å². The molecule has 126 valence electrons. The zero-order valence-corrected chi connectivity index (χ0v) is 14.4. The Morgan fingerprint density at radius 3 is 2.12 bits per heavy atom. The van der Waals surface area contributed by atoms with Gasteiger partial charge in [0.2, 0.25) is 5.91 Å². The molecule has 2 aromatic carbocycles. The van der Waals surface area contributed by atoms with Crippen LogP contribution in [0.2, 0.25) is 0 Å². The van der Waals surface area contributed by atoms with Crippen LogP contribution in [0.4, 0.5) is 5.69 Å². The van der Waals surface area contributed by atoms with Gasteiger partial charge in [0.1, 0.15) is 0 Å². The second kappa shape index (κ2) is 8.29. The van der Waals surface area contributed by atoms with E-state index in [-0.39, 0.29) is 24.3 Å². The number of carbonyl (C=O) groups excluding carboxylic acids is 2. The van der Waals surface area contributed by atoms with E-state index < -0.39 is 0 Å². The largest absolute Gasteiger partial charge is 0.349 e. The van der Waals surface area contributed by atoms with Gasteiger partial charge >= 0.3 is 0 Å². The second-order valence-corrected chi connectivity index (χ2v) is 6.27. The summed E-state index contributed by atoms with van der Waals surface area (Å²) < 4.78 is 0. The average Bonchev–Trinajstić information content (AvgIpc) is 2.55. The van der Waals surface area contributed by atoms with Crippen molar-refractivity contribution < 1.29 is 9.59 Å². The maximum Gasteiger partial charge on any atom is 0.251 e. The summed E-state index contributed by atoms with van der Waals surface area (Å²) in [6.45, 7) is 6.08. The van der Waals surface area contributed by atoms with Crippen LogP contribution in [0.25, 0.3) is 0 Å². The van der Waals surface area contributed by atoms with E-state index in [1.807, 2.05) is 49.4 Å². The Morgan fingerprint density at radius 1 is 0.917 bits per heavy atom. The maximum absolute atomic E-state index is 12.1. The van der Waals surface area contributed by atoms with Crippen molar-refractivity contribution in [3.8, 4) is 0 Å². The van der Waals surface area contributed by atoms with Crippen molar-refractivity contribution in [1.29, 1.82) is 0 Å². The second-order valence-electron chi connectivity index (χ2n) is 6.27. The van der Waals surface area contributed by atoms with Crippen LogP contribution >= 0.6 is 0 Å². The van der Waals surface area contributed by atoms with Crippen LogP contribution in [0.5, 0.6) is 0 Å². The normalized spacial score (nSPS) is 11.8. The molecule has 4 nitrogen and oxygen atoms in total. The van der Waals surface area contributed by atoms with E-state index in [2.05, 4.69) is 24.5 Å². The lowest BCUT2D eigenvalue weighted by molar-refractivity contribution is -0.116. The Balaban J connectivity index is 1.84. The summed E-state index contributed by atoms with van der Waals surface area (Å²) in [4.78, 5) is 24.2. The molecule has 1 unspecified atom stereocenters. The van der Waals surface area contributed by atoms with E-state index in [1.54, 1.807) is 12.1 Å². The number of carbonyl (C=O) groups is 2. The number of benzene rings is 2. The summed E-state index contributed by atoms with van der Waals surface area (Å²) in [5.41, 5.74) is 2.59. The fourth-order valence-corrected chi connectivity index (χ4v) is 2.39. The predicted octanol–water partition coefficient (Wildman–Crippen LogP) is 3.96. The van der Waals surface area contributed by atoms with Gasteiger partial charge in [-0.25, -0.2) is 0 Å². The summed E-state index contributed by atoms with van der Waals surface area (Å²) in [6, 6.07) is 16.6. The van der Waals surface area contributed by atoms with Crippen molar-refractivity contribution in [2.24, 2.45) is 0 Å². The van der Waals surface area contributed by atoms with Crippen LogP contribution in [0, 0.1) is 0 Å². The fraction of sp³-hybridized carbons (Fsp3) is 0.300. The first-order valence-corrected chi connectivity index (χ1v) is 8.21. The molecule has 2 aromatic rings. The lowest BCUT2D eigenvalue weighted by Crippen LogP contribution is -2.35. The van der Waals surface area contributed by atoms with E-state index >= 15 is 0 Å². The molecule has 0 fully saturated rings. The number of amides is 2. The Hall–Kier alpha value is -2.62. The van der Waals surface area contributed by atoms with E-state index in [1.165, 1.54) is 5.56 Å². The van der Waals surface area contributed by atoms with E-state index in [0.29, 0.717) is 11.5 Å². The van der Waals surface area contributed by atoms with Crippen molar-refractivity contribution in [3.05, 3.63) is 65.7 Å². The molecular formula is C20H24N2O2. The highest BCUT2D eigenvalue weighted by molar-refractivity contribution is 5.95. The molecule has 2 amide bonds. The molecule has 0 aliphatic carbocycles. The van der Waals surface area contributed by atoms with Gasteiger partial charge in [0, 0.05) is 23.7 Å². The third-order valence-electron chi connectivity index (χ3n) is 3.77. The van der Waals surface area contributed by atoms with Crippen molar-refractivity contribution >= 4 is 17.5 Å². The Bertz CT molecular complexity index is 679. The van der Waals surface area contributed by atoms with Gasteiger partial charge in [-0.15, -0.1) is 0 Å². The van der Waals surface area contributed by atoms with Gasteiger partial charge in [-0.3, -0.25) is 9.59 Å². The van der Waals surface area contributed by atoms with Gasteiger partial charge in [0.25, 0.3) is 5.91 Å². The predicted molar refractivity (Wildman–Crippen MR) is 97.1 cm³/mol. The SMILES string of the molecule is CC(CC(=O)Nc1ccc(C(C)C)cc1)NC(=O)c1ccccc1. The molecule has 4 heteroatoms. The zero-order chi connectivity index (χ0) is 17.5. The molecule has 0 spiro atoms. The smallest absolute Gasteiger partial charge is 0.251 e. The van der Waals surface area contributed by atoms with Crippen LogP contribution in [0.1, 0.15) is 49.0 Å². The first-order chi connectivity index (χ1) is 11.5. The molecule has 2 rings (SSSR count). The third kappa shape index (κ3) is 5.23. The topological polar surface area (TPSA) is 58.2 Å². The van der Waals surface area contributed by atoms with Crippen molar-refractivity contribution in [3.63, 3.8) is 0 Å². The molecule has 0 bridgehead atoms. The molecule has 24 heavy (non-hydrogen) atoms. The lowest BCUT2D eigenvalue weighted by atomic mass is 10.0. The number of nitrogens with one attached hydrogen (secondary N) is 2. The van der Waals surface area contributed by atoms with Gasteiger partial charge in [0.15, 0.2) is 0 Å². The first kappa shape index (κ1) is 17.7. The van der Waals surface area contributed by atoms with Gasteiger partial charge in [-0.05, 0) is 42.7 Å². The minimum absolute atomic E-state index is 0.117. The molecule has 0 aromatic heterocycles. The van der Waals surface area contributed by atoms with Crippen molar-refractivity contribution in [2.75, 3.05) is 5.32 Å². The molecule has 0 aliphatic rings. The Labute approximate surface area is 143 Å². The minimum Gasteiger partial charge on any atom is -0.349 e.